The highest BCUT2D eigenvalue weighted by Crippen LogP contribution is 2.48. The number of ether oxygens (including phenoxy) is 1. The van der Waals surface area contributed by atoms with Crippen LogP contribution in [0.2, 0.25) is 0 Å². The van der Waals surface area contributed by atoms with Gasteiger partial charge in [-0.2, -0.15) is 0 Å². The van der Waals surface area contributed by atoms with Crippen molar-refractivity contribution in [1.82, 2.24) is 4.98 Å². The molecule has 0 radical (unpaired) electrons. The SMILES string of the molecule is CCOc1cc([C@@H]2C3=C(CCCC3=O)Nc3ccc4ncccc4c32)ccc1O. The largest absolute Gasteiger partial charge is 0.504 e. The first-order chi connectivity index (χ1) is 14.2. The highest BCUT2D eigenvalue weighted by molar-refractivity contribution is 6.03. The molecule has 29 heavy (non-hydrogen) atoms. The first-order valence-electron chi connectivity index (χ1n) is 10.0. The van der Waals surface area contributed by atoms with Crippen molar-refractivity contribution >= 4 is 22.4 Å². The van der Waals surface area contributed by atoms with Gasteiger partial charge in [0.25, 0.3) is 0 Å². The van der Waals surface area contributed by atoms with Gasteiger partial charge in [-0.05, 0) is 61.2 Å². The molecule has 5 heteroatoms. The molecule has 0 bridgehead atoms. The number of ketones is 1. The number of anilines is 1. The fourth-order valence-corrected chi connectivity index (χ4v) is 4.55. The Bertz CT molecular complexity index is 1170. The number of hydrogen-bond donors (Lipinski definition) is 2. The van der Waals surface area contributed by atoms with Crippen molar-refractivity contribution in [3.05, 3.63) is 71.1 Å². The van der Waals surface area contributed by atoms with Gasteiger partial charge in [0.1, 0.15) is 0 Å². The van der Waals surface area contributed by atoms with Crippen molar-refractivity contribution < 1.29 is 14.6 Å². The van der Waals surface area contributed by atoms with E-state index in [-0.39, 0.29) is 17.5 Å². The van der Waals surface area contributed by atoms with Crippen LogP contribution in [-0.2, 0) is 4.79 Å². The number of fused-ring (bicyclic) bond motifs is 3. The number of nitrogens with zero attached hydrogens (tertiary/aromatic N) is 1. The van der Waals surface area contributed by atoms with E-state index < -0.39 is 0 Å². The van der Waals surface area contributed by atoms with Gasteiger partial charge in [-0.1, -0.05) is 12.1 Å². The Morgan fingerprint density at radius 3 is 2.97 bits per heavy atom. The van der Waals surface area contributed by atoms with Gasteiger partial charge in [-0.3, -0.25) is 9.78 Å². The molecule has 0 unspecified atom stereocenters. The Kier molecular flexibility index (Phi) is 4.23. The number of benzene rings is 2. The summed E-state index contributed by atoms with van der Waals surface area (Å²) in [6, 6.07) is 13.4. The summed E-state index contributed by atoms with van der Waals surface area (Å²) in [5.41, 5.74) is 5.73. The summed E-state index contributed by atoms with van der Waals surface area (Å²) >= 11 is 0. The predicted octanol–water partition coefficient (Wildman–Crippen LogP) is 4.90. The molecule has 2 aromatic carbocycles. The normalized spacial score (nSPS) is 18.2. The van der Waals surface area contributed by atoms with Crippen LogP contribution >= 0.6 is 0 Å². The molecular formula is C24H22N2O3. The van der Waals surface area contributed by atoms with Gasteiger partial charge in [-0.25, -0.2) is 0 Å². The lowest BCUT2D eigenvalue weighted by molar-refractivity contribution is -0.116. The molecule has 1 atom stereocenters. The number of aromatic hydroxyl groups is 1. The number of pyridine rings is 1. The highest BCUT2D eigenvalue weighted by Gasteiger charge is 2.36. The molecule has 0 spiro atoms. The number of phenols is 1. The van der Waals surface area contributed by atoms with E-state index in [1.807, 2.05) is 37.3 Å². The molecule has 0 saturated heterocycles. The summed E-state index contributed by atoms with van der Waals surface area (Å²) in [4.78, 5) is 17.5. The second-order valence-electron chi connectivity index (χ2n) is 7.48. The van der Waals surface area contributed by atoms with E-state index in [4.69, 9.17) is 4.74 Å². The second-order valence-corrected chi connectivity index (χ2v) is 7.48. The molecule has 3 aromatic rings. The number of nitrogens with one attached hydrogen (secondary N) is 1. The monoisotopic (exact) mass is 386 g/mol. The quantitative estimate of drug-likeness (QED) is 0.670. The van der Waals surface area contributed by atoms with E-state index in [0.717, 1.165) is 51.8 Å². The number of hydrogen-bond acceptors (Lipinski definition) is 5. The lowest BCUT2D eigenvalue weighted by Gasteiger charge is -2.35. The van der Waals surface area contributed by atoms with E-state index in [0.29, 0.717) is 18.8 Å². The van der Waals surface area contributed by atoms with E-state index in [1.165, 1.54) is 0 Å². The molecule has 5 rings (SSSR count). The van der Waals surface area contributed by atoms with Crippen molar-refractivity contribution in [1.29, 1.82) is 0 Å². The van der Waals surface area contributed by atoms with Gasteiger partial charge >= 0.3 is 0 Å². The minimum absolute atomic E-state index is 0.105. The number of aromatic nitrogens is 1. The Hall–Kier alpha value is -3.34. The van der Waals surface area contributed by atoms with Crippen LogP contribution in [0.15, 0.2) is 59.9 Å². The van der Waals surface area contributed by atoms with Crippen LogP contribution in [0.3, 0.4) is 0 Å². The lowest BCUT2D eigenvalue weighted by Crippen LogP contribution is -2.27. The van der Waals surface area contributed by atoms with Crippen LogP contribution in [0, 0.1) is 0 Å². The molecule has 0 amide bonds. The van der Waals surface area contributed by atoms with Crippen molar-refractivity contribution in [3.63, 3.8) is 0 Å². The summed E-state index contributed by atoms with van der Waals surface area (Å²) in [6.07, 6.45) is 4.07. The summed E-state index contributed by atoms with van der Waals surface area (Å²) < 4.78 is 5.63. The molecule has 1 aromatic heterocycles. The van der Waals surface area contributed by atoms with E-state index in [1.54, 1.807) is 12.3 Å². The maximum absolute atomic E-state index is 13.0. The number of rotatable bonds is 3. The molecule has 5 nitrogen and oxygen atoms in total. The first kappa shape index (κ1) is 17.7. The van der Waals surface area contributed by atoms with Crippen LogP contribution in [-0.4, -0.2) is 22.5 Å². The molecule has 0 fully saturated rings. The van der Waals surface area contributed by atoms with Gasteiger partial charge in [0.2, 0.25) is 0 Å². The van der Waals surface area contributed by atoms with Crippen LogP contribution in [0.1, 0.15) is 43.2 Å². The lowest BCUT2D eigenvalue weighted by atomic mass is 9.74. The molecule has 1 aliphatic heterocycles. The Morgan fingerprint density at radius 1 is 1.21 bits per heavy atom. The topological polar surface area (TPSA) is 71.5 Å². The number of carbonyl (C=O) groups excluding carboxylic acids is 1. The van der Waals surface area contributed by atoms with Gasteiger partial charge in [-0.15, -0.1) is 0 Å². The van der Waals surface area contributed by atoms with Crippen molar-refractivity contribution in [2.24, 2.45) is 0 Å². The smallest absolute Gasteiger partial charge is 0.161 e. The molecule has 146 valence electrons. The van der Waals surface area contributed by atoms with E-state index in [2.05, 4.69) is 16.4 Å². The van der Waals surface area contributed by atoms with Crippen LogP contribution in [0.4, 0.5) is 5.69 Å². The van der Waals surface area contributed by atoms with Gasteiger partial charge in [0.05, 0.1) is 12.1 Å². The Morgan fingerprint density at radius 2 is 2.10 bits per heavy atom. The fourth-order valence-electron chi connectivity index (χ4n) is 4.55. The Balaban J connectivity index is 1.80. The average Bonchev–Trinajstić information content (AvgIpc) is 2.74. The number of carbonyl (C=O) groups is 1. The van der Waals surface area contributed by atoms with E-state index >= 15 is 0 Å². The minimum Gasteiger partial charge on any atom is -0.504 e. The summed E-state index contributed by atoms with van der Waals surface area (Å²) in [5.74, 6) is 0.505. The molecule has 2 heterocycles. The van der Waals surface area contributed by atoms with Gasteiger partial charge in [0, 0.05) is 40.9 Å². The number of phenolic OH excluding ortho intramolecular Hbond substituents is 1. The van der Waals surface area contributed by atoms with Crippen LogP contribution in [0.5, 0.6) is 11.5 Å². The third-order valence-corrected chi connectivity index (χ3v) is 5.76. The maximum Gasteiger partial charge on any atom is 0.161 e. The van der Waals surface area contributed by atoms with Crippen LogP contribution < -0.4 is 10.1 Å². The van der Waals surface area contributed by atoms with Gasteiger partial charge < -0.3 is 15.2 Å². The zero-order valence-corrected chi connectivity index (χ0v) is 16.2. The fraction of sp³-hybridized carbons (Fsp3) is 0.250. The number of allylic oxidation sites excluding steroid dienone is 2. The summed E-state index contributed by atoms with van der Waals surface area (Å²) in [5, 5.41) is 14.7. The van der Waals surface area contributed by atoms with Crippen molar-refractivity contribution in [2.45, 2.75) is 32.1 Å². The molecule has 2 N–H and O–H groups in total. The Labute approximate surface area is 169 Å². The standard InChI is InChI=1S/C24H22N2O3/c1-2-29-21-13-14(8-11-19(21)27)22-23-15-5-4-12-25-16(15)9-10-18(23)26-17-6-3-7-20(28)24(17)22/h4-5,8-13,22,26-27H,2-3,6-7H2,1H3/t22-/m0/s1. The second kappa shape index (κ2) is 6.92. The zero-order chi connectivity index (χ0) is 20.0. The third-order valence-electron chi connectivity index (χ3n) is 5.76. The van der Waals surface area contributed by atoms with Gasteiger partial charge in [0.15, 0.2) is 17.3 Å². The highest BCUT2D eigenvalue weighted by atomic mass is 16.5. The zero-order valence-electron chi connectivity index (χ0n) is 16.2. The minimum atomic E-state index is -0.221. The summed E-state index contributed by atoms with van der Waals surface area (Å²) in [6.45, 7) is 2.34. The first-order valence-corrected chi connectivity index (χ1v) is 10.0. The van der Waals surface area contributed by atoms with Crippen LogP contribution in [0.25, 0.3) is 10.9 Å². The molecule has 1 aliphatic carbocycles. The number of Topliss-reactive ketones (excluding diaryl/α,β-unsaturated/α-hetero) is 1. The predicted molar refractivity (Wildman–Crippen MR) is 112 cm³/mol. The van der Waals surface area contributed by atoms with Crippen molar-refractivity contribution in [3.8, 4) is 11.5 Å². The molecule has 2 aliphatic rings. The van der Waals surface area contributed by atoms with Crippen molar-refractivity contribution in [2.75, 3.05) is 11.9 Å². The summed E-state index contributed by atoms with van der Waals surface area (Å²) in [7, 11) is 0. The van der Waals surface area contributed by atoms with E-state index in [9.17, 15) is 9.90 Å². The molecule has 0 saturated carbocycles. The molecular weight excluding hydrogens is 364 g/mol. The third kappa shape index (κ3) is 2.85. The maximum atomic E-state index is 13.0. The average molecular weight is 386 g/mol.